The normalized spacial score (nSPS) is 10.5. The number of hydrogen-bond acceptors (Lipinski definition) is 3. The predicted octanol–water partition coefficient (Wildman–Crippen LogP) is 2.98. The molecule has 19 heavy (non-hydrogen) atoms. The van der Waals surface area contributed by atoms with Crippen LogP contribution in [0.5, 0.6) is 0 Å². The third kappa shape index (κ3) is 4.73. The van der Waals surface area contributed by atoms with Crippen molar-refractivity contribution >= 4 is 23.2 Å². The lowest BCUT2D eigenvalue weighted by Crippen LogP contribution is -2.07. The molecule has 0 atom stereocenters. The molecule has 0 radical (unpaired) electrons. The highest BCUT2D eigenvalue weighted by Crippen LogP contribution is 2.15. The number of carbonyl (C=O) groups excluding carboxylic acids is 2. The molecule has 0 heterocycles. The van der Waals surface area contributed by atoms with Gasteiger partial charge in [0.15, 0.2) is 11.6 Å². The van der Waals surface area contributed by atoms with Crippen LogP contribution in [-0.2, 0) is 0 Å². The van der Waals surface area contributed by atoms with Gasteiger partial charge in [0.2, 0.25) is 0 Å². The SMILES string of the molecule is O=C(CCCO)c1ccc(F)c(C(=O)CCCCl)c1. The zero-order chi connectivity index (χ0) is 14.3. The van der Waals surface area contributed by atoms with Gasteiger partial charge >= 0.3 is 0 Å². The molecule has 3 nitrogen and oxygen atoms in total. The van der Waals surface area contributed by atoms with Gasteiger partial charge in [0.25, 0.3) is 0 Å². The standard InChI is InChI=1S/C14H16ClFO3/c15-7-1-3-14(19)11-9-10(5-6-12(11)16)13(18)4-2-8-17/h5-6,9,17H,1-4,7-8H2. The van der Waals surface area contributed by atoms with Gasteiger partial charge in [0.1, 0.15) is 5.82 Å². The van der Waals surface area contributed by atoms with E-state index in [1.807, 2.05) is 0 Å². The van der Waals surface area contributed by atoms with E-state index in [1.54, 1.807) is 0 Å². The van der Waals surface area contributed by atoms with Crippen LogP contribution in [0.15, 0.2) is 18.2 Å². The maximum absolute atomic E-state index is 13.6. The number of carbonyl (C=O) groups is 2. The summed E-state index contributed by atoms with van der Waals surface area (Å²) in [5.74, 6) is -0.851. The second-order valence-electron chi connectivity index (χ2n) is 4.16. The first-order chi connectivity index (χ1) is 9.10. The average molecular weight is 287 g/mol. The van der Waals surface area contributed by atoms with Gasteiger partial charge in [-0.05, 0) is 31.0 Å². The summed E-state index contributed by atoms with van der Waals surface area (Å²) in [5, 5.41) is 8.67. The molecule has 5 heteroatoms. The summed E-state index contributed by atoms with van der Waals surface area (Å²) in [7, 11) is 0. The van der Waals surface area contributed by atoms with Crippen LogP contribution < -0.4 is 0 Å². The van der Waals surface area contributed by atoms with Gasteiger partial charge < -0.3 is 5.11 Å². The fourth-order valence-electron chi connectivity index (χ4n) is 1.66. The van der Waals surface area contributed by atoms with E-state index in [0.29, 0.717) is 24.3 Å². The van der Waals surface area contributed by atoms with Crippen molar-refractivity contribution in [1.82, 2.24) is 0 Å². The molecule has 0 saturated carbocycles. The largest absolute Gasteiger partial charge is 0.396 e. The summed E-state index contributed by atoms with van der Waals surface area (Å²) in [6, 6.07) is 3.76. The number of ketones is 2. The van der Waals surface area contributed by atoms with Crippen LogP contribution in [0.4, 0.5) is 4.39 Å². The highest BCUT2D eigenvalue weighted by atomic mass is 35.5. The Morgan fingerprint density at radius 3 is 2.47 bits per heavy atom. The molecule has 0 aromatic heterocycles. The molecule has 104 valence electrons. The Bertz CT molecular complexity index is 460. The van der Waals surface area contributed by atoms with E-state index < -0.39 is 5.82 Å². The molecule has 0 unspecified atom stereocenters. The number of Topliss-reactive ketones (excluding diaryl/α,β-unsaturated/α-hetero) is 2. The molecule has 1 aromatic carbocycles. The van der Waals surface area contributed by atoms with Gasteiger partial charge in [-0.3, -0.25) is 9.59 Å². The summed E-state index contributed by atoms with van der Waals surface area (Å²) in [4.78, 5) is 23.5. The monoisotopic (exact) mass is 286 g/mol. The maximum Gasteiger partial charge on any atom is 0.165 e. The quantitative estimate of drug-likeness (QED) is 0.590. The van der Waals surface area contributed by atoms with Crippen LogP contribution in [0, 0.1) is 5.82 Å². The first-order valence-electron chi connectivity index (χ1n) is 6.13. The Labute approximate surface area is 116 Å². The Morgan fingerprint density at radius 2 is 1.84 bits per heavy atom. The molecule has 0 bridgehead atoms. The first-order valence-corrected chi connectivity index (χ1v) is 6.66. The van der Waals surface area contributed by atoms with Crippen molar-refractivity contribution in [3.8, 4) is 0 Å². The van der Waals surface area contributed by atoms with E-state index in [-0.39, 0.29) is 36.6 Å². The average Bonchev–Trinajstić information content (AvgIpc) is 2.42. The van der Waals surface area contributed by atoms with E-state index in [2.05, 4.69) is 0 Å². The van der Waals surface area contributed by atoms with Crippen molar-refractivity contribution in [2.45, 2.75) is 25.7 Å². The van der Waals surface area contributed by atoms with Gasteiger partial charge in [-0.1, -0.05) is 0 Å². The fraction of sp³-hybridized carbons (Fsp3) is 0.429. The number of rotatable bonds is 8. The topological polar surface area (TPSA) is 54.4 Å². The van der Waals surface area contributed by atoms with Crippen molar-refractivity contribution < 1.29 is 19.1 Å². The molecule has 0 spiro atoms. The molecule has 0 fully saturated rings. The summed E-state index contributed by atoms with van der Waals surface area (Å²) < 4.78 is 13.6. The second-order valence-corrected chi connectivity index (χ2v) is 4.54. The molecular formula is C14H16ClFO3. The summed E-state index contributed by atoms with van der Waals surface area (Å²) in [6.07, 6.45) is 1.17. The van der Waals surface area contributed by atoms with Crippen LogP contribution in [0.3, 0.4) is 0 Å². The van der Waals surface area contributed by atoms with E-state index >= 15 is 0 Å². The first kappa shape index (κ1) is 15.8. The highest BCUT2D eigenvalue weighted by molar-refractivity contribution is 6.18. The predicted molar refractivity (Wildman–Crippen MR) is 71.3 cm³/mol. The van der Waals surface area contributed by atoms with Gasteiger partial charge in [-0.15, -0.1) is 11.6 Å². The number of halogens is 2. The lowest BCUT2D eigenvalue weighted by atomic mass is 10.00. The van der Waals surface area contributed by atoms with Crippen LogP contribution in [0.1, 0.15) is 46.4 Å². The number of hydrogen-bond donors (Lipinski definition) is 1. The van der Waals surface area contributed by atoms with E-state index in [1.165, 1.54) is 12.1 Å². The maximum atomic E-state index is 13.6. The summed E-state index contributed by atoms with van der Waals surface area (Å²) in [6.45, 7) is -0.0750. The van der Waals surface area contributed by atoms with Crippen LogP contribution >= 0.6 is 11.6 Å². The molecule has 0 aliphatic rings. The minimum absolute atomic E-state index is 0.0695. The number of aliphatic hydroxyl groups is 1. The Kier molecular flexibility index (Phi) is 6.67. The second kappa shape index (κ2) is 8.02. The molecule has 1 N–H and O–H groups in total. The Morgan fingerprint density at radius 1 is 1.16 bits per heavy atom. The minimum Gasteiger partial charge on any atom is -0.396 e. The van der Waals surface area contributed by atoms with Crippen molar-refractivity contribution in [1.29, 1.82) is 0 Å². The summed E-state index contributed by atoms with van der Waals surface area (Å²) in [5.41, 5.74) is 0.226. The van der Waals surface area contributed by atoms with E-state index in [0.717, 1.165) is 6.07 Å². The molecule has 0 saturated heterocycles. The van der Waals surface area contributed by atoms with Crippen LogP contribution in [0.2, 0.25) is 0 Å². The minimum atomic E-state index is -0.627. The van der Waals surface area contributed by atoms with E-state index in [4.69, 9.17) is 16.7 Å². The number of aliphatic hydroxyl groups excluding tert-OH is 1. The Hall–Kier alpha value is -1.26. The number of alkyl halides is 1. The zero-order valence-electron chi connectivity index (χ0n) is 10.5. The van der Waals surface area contributed by atoms with Crippen molar-refractivity contribution in [2.24, 2.45) is 0 Å². The molecular weight excluding hydrogens is 271 g/mol. The molecule has 0 amide bonds. The van der Waals surface area contributed by atoms with Gasteiger partial charge in [-0.2, -0.15) is 0 Å². The molecule has 1 rings (SSSR count). The molecule has 1 aromatic rings. The molecule has 0 aliphatic heterocycles. The lowest BCUT2D eigenvalue weighted by molar-refractivity contribution is 0.0971. The fourth-order valence-corrected chi connectivity index (χ4v) is 1.79. The lowest BCUT2D eigenvalue weighted by Gasteiger charge is -2.05. The van der Waals surface area contributed by atoms with Gasteiger partial charge in [0.05, 0.1) is 5.56 Å². The zero-order valence-corrected chi connectivity index (χ0v) is 11.3. The van der Waals surface area contributed by atoms with Crippen molar-refractivity contribution in [3.05, 3.63) is 35.1 Å². The van der Waals surface area contributed by atoms with Gasteiger partial charge in [0, 0.05) is 30.9 Å². The summed E-state index contributed by atoms with van der Waals surface area (Å²) >= 11 is 5.49. The smallest absolute Gasteiger partial charge is 0.165 e. The Balaban J connectivity index is 2.87. The van der Waals surface area contributed by atoms with E-state index in [9.17, 15) is 14.0 Å². The number of benzene rings is 1. The third-order valence-corrected chi connectivity index (χ3v) is 2.96. The van der Waals surface area contributed by atoms with Crippen LogP contribution in [-0.4, -0.2) is 29.2 Å². The van der Waals surface area contributed by atoms with Gasteiger partial charge in [-0.25, -0.2) is 4.39 Å². The van der Waals surface area contributed by atoms with Crippen molar-refractivity contribution in [3.63, 3.8) is 0 Å². The van der Waals surface area contributed by atoms with Crippen molar-refractivity contribution in [2.75, 3.05) is 12.5 Å². The van der Waals surface area contributed by atoms with Crippen LogP contribution in [0.25, 0.3) is 0 Å². The third-order valence-electron chi connectivity index (χ3n) is 2.69. The molecule has 0 aliphatic carbocycles. The highest BCUT2D eigenvalue weighted by Gasteiger charge is 2.14.